The molecule has 0 spiro atoms. The number of anilines is 1. The summed E-state index contributed by atoms with van der Waals surface area (Å²) in [6.45, 7) is 4.19. The van der Waals surface area contributed by atoms with Gasteiger partial charge in [-0.05, 0) is 42.8 Å². The molecule has 9 heteroatoms. The number of rotatable bonds is 9. The van der Waals surface area contributed by atoms with E-state index in [1.807, 2.05) is 24.3 Å². The number of thioether (sulfide) groups is 1. The predicted octanol–water partition coefficient (Wildman–Crippen LogP) is 6.92. The lowest BCUT2D eigenvalue weighted by molar-refractivity contribution is -0.659. The number of aromatic nitrogens is 1. The van der Waals surface area contributed by atoms with E-state index in [0.29, 0.717) is 35.8 Å². The Hall–Kier alpha value is -2.66. The van der Waals surface area contributed by atoms with E-state index in [4.69, 9.17) is 22.5 Å². The third-order valence-corrected chi connectivity index (χ3v) is 10.2. The predicted molar refractivity (Wildman–Crippen MR) is 175 cm³/mol. The number of ether oxygens (including phenoxy) is 1. The zero-order valence-electron chi connectivity index (χ0n) is 22.3. The van der Waals surface area contributed by atoms with E-state index in [-0.39, 0.29) is 12.4 Å². The fraction of sp³-hybridized carbons (Fsp3) is 0.188. The SMILES string of the molecule is Cc1ccc2c(c1)sc(/C=C1/C(=O)C(/C=C3/Sc4cc(Br)ccc4N3CCOCCO)=C1S)[n+]2Cc1ccccc1. The lowest BCUT2D eigenvalue weighted by Crippen LogP contribution is -2.36. The minimum Gasteiger partial charge on any atom is -0.394 e. The average molecular weight is 665 g/mol. The first-order valence-electron chi connectivity index (χ1n) is 13.2. The number of hydrogen-bond donors (Lipinski definition) is 2. The van der Waals surface area contributed by atoms with Crippen molar-refractivity contribution in [3.05, 3.63) is 114 Å². The summed E-state index contributed by atoms with van der Waals surface area (Å²) < 4.78 is 10.0. The minimum atomic E-state index is -0.00868. The molecule has 4 aromatic rings. The number of fused-ring (bicyclic) bond motifs is 2. The molecule has 1 aromatic heterocycles. The topological polar surface area (TPSA) is 53.7 Å². The molecule has 0 saturated heterocycles. The number of aryl methyl sites for hydroxylation is 1. The molecular weight excluding hydrogens is 636 g/mol. The number of nitrogens with zero attached hydrogens (tertiary/aromatic N) is 2. The molecule has 0 bridgehead atoms. The van der Waals surface area contributed by atoms with Crippen molar-refractivity contribution in [2.75, 3.05) is 31.3 Å². The van der Waals surface area contributed by atoms with Crippen LogP contribution in [-0.2, 0) is 16.1 Å². The van der Waals surface area contributed by atoms with E-state index in [1.54, 1.807) is 23.1 Å². The van der Waals surface area contributed by atoms with Crippen molar-refractivity contribution >= 4 is 79.4 Å². The number of ketones is 1. The Morgan fingerprint density at radius 1 is 1.07 bits per heavy atom. The van der Waals surface area contributed by atoms with Crippen LogP contribution in [0.2, 0.25) is 0 Å². The molecule has 1 N–H and O–H groups in total. The highest BCUT2D eigenvalue weighted by atomic mass is 79.9. The average Bonchev–Trinajstić information content (AvgIpc) is 3.49. The Morgan fingerprint density at radius 3 is 2.68 bits per heavy atom. The first kappa shape index (κ1) is 28.5. The highest BCUT2D eigenvalue weighted by molar-refractivity contribution is 9.10. The van der Waals surface area contributed by atoms with Gasteiger partial charge in [-0.1, -0.05) is 75.4 Å². The van der Waals surface area contributed by atoms with Gasteiger partial charge in [0.1, 0.15) is 4.70 Å². The van der Waals surface area contributed by atoms with Crippen LogP contribution in [0.15, 0.2) is 103 Å². The van der Waals surface area contributed by atoms with Gasteiger partial charge in [-0.2, -0.15) is 4.57 Å². The molecule has 2 heterocycles. The molecule has 0 atom stereocenters. The van der Waals surface area contributed by atoms with Crippen molar-refractivity contribution in [2.45, 2.75) is 18.4 Å². The van der Waals surface area contributed by atoms with Gasteiger partial charge in [-0.3, -0.25) is 4.79 Å². The number of thiazole rings is 1. The lowest BCUT2D eigenvalue weighted by Gasteiger charge is -2.24. The van der Waals surface area contributed by atoms with Gasteiger partial charge in [-0.15, -0.1) is 12.6 Å². The molecule has 2 aliphatic rings. The summed E-state index contributed by atoms with van der Waals surface area (Å²) >= 11 is 11.7. The van der Waals surface area contributed by atoms with Crippen LogP contribution in [0.1, 0.15) is 16.1 Å². The molecule has 1 aliphatic heterocycles. The Morgan fingerprint density at radius 2 is 1.90 bits per heavy atom. The van der Waals surface area contributed by atoms with Crippen LogP contribution in [0.4, 0.5) is 5.69 Å². The molecule has 0 saturated carbocycles. The standard InChI is InChI=1S/C32H27BrN2O3S3/c1-20-7-9-26-27(15-20)40-30(35(26)19-21-5-3-2-4-6-21)18-24-31(37)23(32(24)39)17-29-34(11-13-38-14-12-36)25-10-8-22(33)16-28(25)41-29/h2-10,15-18,36H,11-14,19H2,1H3/p+1. The first-order valence-corrected chi connectivity index (χ1v) is 16.1. The van der Waals surface area contributed by atoms with Gasteiger partial charge in [0.2, 0.25) is 5.52 Å². The van der Waals surface area contributed by atoms with E-state index in [2.05, 4.69) is 86.9 Å². The van der Waals surface area contributed by atoms with Crippen LogP contribution in [0.3, 0.4) is 0 Å². The highest BCUT2D eigenvalue weighted by Gasteiger charge is 2.34. The maximum Gasteiger partial charge on any atom is 0.263 e. The maximum absolute atomic E-state index is 13.5. The summed E-state index contributed by atoms with van der Waals surface area (Å²) in [5, 5.41) is 11.0. The Balaban J connectivity index is 1.34. The summed E-state index contributed by atoms with van der Waals surface area (Å²) in [7, 11) is 0. The van der Waals surface area contributed by atoms with Gasteiger partial charge in [-0.25, -0.2) is 0 Å². The number of allylic oxidation sites excluding steroid dienone is 3. The zero-order valence-corrected chi connectivity index (χ0v) is 26.5. The fourth-order valence-electron chi connectivity index (χ4n) is 4.95. The van der Waals surface area contributed by atoms with Gasteiger partial charge in [0, 0.05) is 49.7 Å². The smallest absolute Gasteiger partial charge is 0.263 e. The Kier molecular flexibility index (Phi) is 8.53. The quantitative estimate of drug-likeness (QED) is 0.0881. The molecule has 5 nitrogen and oxygen atoms in total. The summed E-state index contributed by atoms with van der Waals surface area (Å²) in [5.74, 6) is -0.00313. The second-order valence-electron chi connectivity index (χ2n) is 9.82. The van der Waals surface area contributed by atoms with Gasteiger partial charge in [0.05, 0.1) is 30.5 Å². The van der Waals surface area contributed by atoms with Crippen molar-refractivity contribution in [2.24, 2.45) is 0 Å². The number of Topliss-reactive ketones (excluding diaryl/α,β-unsaturated/α-hetero) is 1. The van der Waals surface area contributed by atoms with Crippen LogP contribution in [0, 0.1) is 6.92 Å². The Bertz CT molecular complexity index is 1740. The van der Waals surface area contributed by atoms with Crippen LogP contribution in [0.5, 0.6) is 0 Å². The molecule has 41 heavy (non-hydrogen) atoms. The third kappa shape index (κ3) is 5.84. The zero-order chi connectivity index (χ0) is 28.5. The van der Waals surface area contributed by atoms with Crippen molar-refractivity contribution in [1.82, 2.24) is 0 Å². The molecule has 0 amide bonds. The Labute approximate surface area is 261 Å². The molecule has 0 fully saturated rings. The molecular formula is C32H28BrN2O3S3+. The second kappa shape index (κ2) is 12.3. The van der Waals surface area contributed by atoms with Gasteiger partial charge >= 0.3 is 0 Å². The number of halogens is 1. The summed E-state index contributed by atoms with van der Waals surface area (Å²) in [6, 6.07) is 23.0. The van der Waals surface area contributed by atoms with Crippen molar-refractivity contribution in [3.8, 4) is 0 Å². The van der Waals surface area contributed by atoms with Crippen LogP contribution >= 0.6 is 51.7 Å². The van der Waals surface area contributed by atoms with Crippen molar-refractivity contribution < 1.29 is 19.2 Å². The van der Waals surface area contributed by atoms with Crippen LogP contribution in [0.25, 0.3) is 16.3 Å². The number of carbonyl (C=O) groups excluding carboxylic acids is 1. The normalized spacial score (nSPS) is 16.8. The summed E-state index contributed by atoms with van der Waals surface area (Å²) in [5.41, 5.74) is 5.88. The molecule has 6 rings (SSSR count). The number of carbonyl (C=O) groups is 1. The molecule has 0 unspecified atom stereocenters. The minimum absolute atomic E-state index is 0.00313. The van der Waals surface area contributed by atoms with E-state index < -0.39 is 0 Å². The van der Waals surface area contributed by atoms with Crippen molar-refractivity contribution in [3.63, 3.8) is 0 Å². The van der Waals surface area contributed by atoms with Crippen LogP contribution in [-0.4, -0.2) is 37.3 Å². The fourth-order valence-corrected chi connectivity index (χ4v) is 8.16. The summed E-state index contributed by atoms with van der Waals surface area (Å²) in [6.07, 6.45) is 3.93. The number of aliphatic hydroxyl groups excluding tert-OH is 1. The number of aliphatic hydroxyl groups is 1. The molecule has 0 radical (unpaired) electrons. The monoisotopic (exact) mass is 663 g/mol. The van der Waals surface area contributed by atoms with E-state index in [0.717, 1.165) is 37.2 Å². The summed E-state index contributed by atoms with van der Waals surface area (Å²) in [4.78, 5) is 17.5. The second-order valence-corrected chi connectivity index (χ2v) is 13.3. The van der Waals surface area contributed by atoms with E-state index >= 15 is 0 Å². The van der Waals surface area contributed by atoms with E-state index in [9.17, 15) is 4.79 Å². The first-order chi connectivity index (χ1) is 19.9. The molecule has 208 valence electrons. The van der Waals surface area contributed by atoms with Gasteiger partial charge in [0.15, 0.2) is 12.3 Å². The third-order valence-electron chi connectivity index (χ3n) is 6.99. The number of thiol groups is 1. The van der Waals surface area contributed by atoms with Crippen molar-refractivity contribution in [1.29, 1.82) is 0 Å². The number of hydrogen-bond acceptors (Lipinski definition) is 7. The lowest BCUT2D eigenvalue weighted by atomic mass is 9.89. The largest absolute Gasteiger partial charge is 0.394 e. The number of benzene rings is 3. The maximum atomic E-state index is 13.5. The highest BCUT2D eigenvalue weighted by Crippen LogP contribution is 2.48. The molecule has 3 aromatic carbocycles. The van der Waals surface area contributed by atoms with E-state index in [1.165, 1.54) is 15.8 Å². The van der Waals surface area contributed by atoms with Gasteiger partial charge in [0.25, 0.3) is 5.01 Å². The van der Waals surface area contributed by atoms with Crippen LogP contribution < -0.4 is 9.47 Å². The van der Waals surface area contributed by atoms with Gasteiger partial charge < -0.3 is 14.7 Å². The molecule has 1 aliphatic carbocycles.